The van der Waals surface area contributed by atoms with Crippen molar-refractivity contribution in [2.75, 3.05) is 13.7 Å². The van der Waals surface area contributed by atoms with Crippen molar-refractivity contribution in [1.29, 1.82) is 0 Å². The van der Waals surface area contributed by atoms with Crippen molar-refractivity contribution in [3.63, 3.8) is 0 Å². The van der Waals surface area contributed by atoms with Gasteiger partial charge < -0.3 is 4.74 Å². The number of esters is 1. The second-order valence-electron chi connectivity index (χ2n) is 6.25. The van der Waals surface area contributed by atoms with Crippen LogP contribution >= 0.6 is 0 Å². The first-order valence-electron chi connectivity index (χ1n) is 7.19. The lowest BCUT2D eigenvalue weighted by atomic mass is 9.65. The molecule has 0 saturated heterocycles. The summed E-state index contributed by atoms with van der Waals surface area (Å²) in [4.78, 5) is 12.1. The molecule has 3 heteroatoms. The summed E-state index contributed by atoms with van der Waals surface area (Å²) in [7, 11) is 1.45. The standard InChI is InChI=1S/C16H27NO2/c1-6-12-17-16(14(18)19-5)10-8-13(9-11-16)15(3,4)7-2/h1,13,17H,7-12H2,2-5H3. The third-order valence-electron chi connectivity index (χ3n) is 4.96. The predicted molar refractivity (Wildman–Crippen MR) is 77.6 cm³/mol. The molecule has 0 bridgehead atoms. The van der Waals surface area contributed by atoms with Gasteiger partial charge in [-0.15, -0.1) is 6.42 Å². The summed E-state index contributed by atoms with van der Waals surface area (Å²) < 4.78 is 4.97. The molecule has 0 aromatic rings. The molecule has 1 aliphatic rings. The van der Waals surface area contributed by atoms with Crippen molar-refractivity contribution in [1.82, 2.24) is 5.32 Å². The second kappa shape index (κ2) is 6.43. The maximum absolute atomic E-state index is 12.1. The Morgan fingerprint density at radius 3 is 2.47 bits per heavy atom. The highest BCUT2D eigenvalue weighted by Gasteiger charge is 2.44. The number of hydrogen-bond acceptors (Lipinski definition) is 3. The summed E-state index contributed by atoms with van der Waals surface area (Å²) in [5, 5.41) is 3.21. The number of nitrogens with one attached hydrogen (secondary N) is 1. The van der Waals surface area contributed by atoms with E-state index in [9.17, 15) is 4.79 Å². The highest BCUT2D eigenvalue weighted by Crippen LogP contribution is 2.43. The maximum atomic E-state index is 12.1. The van der Waals surface area contributed by atoms with Crippen molar-refractivity contribution in [2.45, 2.75) is 58.4 Å². The Bertz CT molecular complexity index is 346. The van der Waals surface area contributed by atoms with Gasteiger partial charge in [0.2, 0.25) is 0 Å². The Labute approximate surface area is 117 Å². The van der Waals surface area contributed by atoms with E-state index in [1.807, 2.05) is 0 Å². The molecule has 0 radical (unpaired) electrons. The topological polar surface area (TPSA) is 38.3 Å². The quantitative estimate of drug-likeness (QED) is 0.613. The zero-order valence-electron chi connectivity index (χ0n) is 12.7. The first-order chi connectivity index (χ1) is 8.91. The van der Waals surface area contributed by atoms with Crippen LogP contribution in [0.2, 0.25) is 0 Å². The molecule has 0 amide bonds. The summed E-state index contributed by atoms with van der Waals surface area (Å²) in [5.41, 5.74) is -0.226. The first-order valence-corrected chi connectivity index (χ1v) is 7.19. The fourth-order valence-electron chi connectivity index (χ4n) is 3.05. The van der Waals surface area contributed by atoms with Crippen LogP contribution in [0.25, 0.3) is 0 Å². The minimum atomic E-state index is -0.568. The summed E-state index contributed by atoms with van der Waals surface area (Å²) in [5.74, 6) is 3.05. The summed E-state index contributed by atoms with van der Waals surface area (Å²) in [6, 6.07) is 0. The molecule has 19 heavy (non-hydrogen) atoms. The van der Waals surface area contributed by atoms with Gasteiger partial charge in [0.1, 0.15) is 5.54 Å². The number of rotatable bonds is 5. The molecular formula is C16H27NO2. The summed E-state index contributed by atoms with van der Waals surface area (Å²) >= 11 is 0. The minimum Gasteiger partial charge on any atom is -0.468 e. The molecule has 0 heterocycles. The van der Waals surface area contributed by atoms with Crippen LogP contribution in [-0.2, 0) is 9.53 Å². The lowest BCUT2D eigenvalue weighted by molar-refractivity contribution is -0.151. The Morgan fingerprint density at radius 2 is 2.05 bits per heavy atom. The van der Waals surface area contributed by atoms with Gasteiger partial charge in [-0.25, -0.2) is 0 Å². The Hall–Kier alpha value is -1.01. The molecule has 1 saturated carbocycles. The largest absolute Gasteiger partial charge is 0.468 e. The van der Waals surface area contributed by atoms with Gasteiger partial charge in [0.05, 0.1) is 13.7 Å². The highest BCUT2D eigenvalue weighted by molar-refractivity contribution is 5.81. The van der Waals surface area contributed by atoms with Crippen LogP contribution in [0.5, 0.6) is 0 Å². The first kappa shape index (κ1) is 16.0. The van der Waals surface area contributed by atoms with Crippen molar-refractivity contribution in [3.05, 3.63) is 0 Å². The maximum Gasteiger partial charge on any atom is 0.326 e. The second-order valence-corrected chi connectivity index (χ2v) is 6.25. The highest BCUT2D eigenvalue weighted by atomic mass is 16.5. The van der Waals surface area contributed by atoms with E-state index in [-0.39, 0.29) is 5.97 Å². The van der Waals surface area contributed by atoms with Crippen LogP contribution < -0.4 is 5.32 Å². The van der Waals surface area contributed by atoms with Gasteiger partial charge >= 0.3 is 5.97 Å². The number of carbonyl (C=O) groups is 1. The molecule has 1 rings (SSSR count). The zero-order valence-corrected chi connectivity index (χ0v) is 12.7. The Morgan fingerprint density at radius 1 is 1.47 bits per heavy atom. The molecule has 0 unspecified atom stereocenters. The Balaban J connectivity index is 2.75. The van der Waals surface area contributed by atoms with E-state index >= 15 is 0 Å². The summed E-state index contributed by atoms with van der Waals surface area (Å²) in [6.07, 6.45) is 10.2. The van der Waals surface area contributed by atoms with E-state index in [1.54, 1.807) is 0 Å². The van der Waals surface area contributed by atoms with E-state index in [4.69, 9.17) is 11.2 Å². The van der Waals surface area contributed by atoms with E-state index < -0.39 is 5.54 Å². The third-order valence-corrected chi connectivity index (χ3v) is 4.96. The van der Waals surface area contributed by atoms with Crippen molar-refractivity contribution >= 4 is 5.97 Å². The van der Waals surface area contributed by atoms with Gasteiger partial charge in [-0.05, 0) is 37.0 Å². The van der Waals surface area contributed by atoms with E-state index in [0.717, 1.165) is 25.7 Å². The molecule has 0 aromatic carbocycles. The molecular weight excluding hydrogens is 238 g/mol. The smallest absolute Gasteiger partial charge is 0.326 e. The fourth-order valence-corrected chi connectivity index (χ4v) is 3.05. The Kier molecular flexibility index (Phi) is 5.43. The van der Waals surface area contributed by atoms with Crippen LogP contribution in [0.1, 0.15) is 52.9 Å². The van der Waals surface area contributed by atoms with Gasteiger partial charge in [-0.1, -0.05) is 33.1 Å². The molecule has 0 aliphatic heterocycles. The number of ether oxygens (including phenoxy) is 1. The number of hydrogen-bond donors (Lipinski definition) is 1. The molecule has 0 spiro atoms. The molecule has 0 aromatic heterocycles. The SMILES string of the molecule is C#CCNC1(C(=O)OC)CCC(C(C)(C)CC)CC1. The van der Waals surface area contributed by atoms with Gasteiger partial charge in [-0.2, -0.15) is 0 Å². The molecule has 1 N–H and O–H groups in total. The number of terminal acetylenes is 1. The zero-order chi connectivity index (χ0) is 14.5. The van der Waals surface area contributed by atoms with Crippen molar-refractivity contribution in [2.24, 2.45) is 11.3 Å². The average molecular weight is 265 g/mol. The van der Waals surface area contributed by atoms with Crippen LogP contribution in [0.3, 0.4) is 0 Å². The van der Waals surface area contributed by atoms with E-state index in [2.05, 4.69) is 32.0 Å². The summed E-state index contributed by atoms with van der Waals surface area (Å²) in [6.45, 7) is 7.28. The van der Waals surface area contributed by atoms with Crippen LogP contribution in [-0.4, -0.2) is 25.2 Å². The minimum absolute atomic E-state index is 0.171. The molecule has 1 fully saturated rings. The molecule has 1 aliphatic carbocycles. The third kappa shape index (κ3) is 3.51. The fraction of sp³-hybridized carbons (Fsp3) is 0.812. The molecule has 108 valence electrons. The molecule has 3 nitrogen and oxygen atoms in total. The van der Waals surface area contributed by atoms with Crippen LogP contribution in [0.15, 0.2) is 0 Å². The number of carbonyl (C=O) groups excluding carboxylic acids is 1. The normalized spacial score (nSPS) is 27.6. The van der Waals surface area contributed by atoms with E-state index in [1.165, 1.54) is 13.5 Å². The van der Waals surface area contributed by atoms with Crippen molar-refractivity contribution in [3.8, 4) is 12.3 Å². The van der Waals surface area contributed by atoms with Gasteiger partial charge in [0.15, 0.2) is 0 Å². The lowest BCUT2D eigenvalue weighted by Crippen LogP contribution is -2.55. The van der Waals surface area contributed by atoms with Gasteiger partial charge in [-0.3, -0.25) is 10.1 Å². The predicted octanol–water partition coefficient (Wildman–Crippen LogP) is 2.75. The van der Waals surface area contributed by atoms with E-state index in [0.29, 0.717) is 17.9 Å². The van der Waals surface area contributed by atoms with Crippen LogP contribution in [0.4, 0.5) is 0 Å². The lowest BCUT2D eigenvalue weighted by Gasteiger charge is -2.43. The van der Waals surface area contributed by atoms with Gasteiger partial charge in [0, 0.05) is 0 Å². The average Bonchev–Trinajstić information content (AvgIpc) is 2.44. The monoisotopic (exact) mass is 265 g/mol. The van der Waals surface area contributed by atoms with Crippen LogP contribution in [0, 0.1) is 23.7 Å². The number of methoxy groups -OCH3 is 1. The van der Waals surface area contributed by atoms with Crippen molar-refractivity contribution < 1.29 is 9.53 Å². The molecule has 0 atom stereocenters. The van der Waals surface area contributed by atoms with Gasteiger partial charge in [0.25, 0.3) is 0 Å².